The molecule has 0 aliphatic rings. The third kappa shape index (κ3) is 2.29. The van der Waals surface area contributed by atoms with E-state index in [-0.39, 0.29) is 5.41 Å². The highest BCUT2D eigenvalue weighted by molar-refractivity contribution is 7.71. The molecule has 88 valence electrons. The van der Waals surface area contributed by atoms with Crippen LogP contribution in [0.1, 0.15) is 30.7 Å². The number of H-pyrrole nitrogens is 1. The molecule has 2 aromatic heterocycles. The van der Waals surface area contributed by atoms with Crippen molar-refractivity contribution < 1.29 is 0 Å². The molecule has 1 N–H and O–H groups in total. The Morgan fingerprint density at radius 1 is 1.24 bits per heavy atom. The summed E-state index contributed by atoms with van der Waals surface area (Å²) < 4.78 is 0.752. The first-order chi connectivity index (χ1) is 8.01. The zero-order valence-corrected chi connectivity index (χ0v) is 11.1. The molecule has 0 unspecified atom stereocenters. The molecule has 17 heavy (non-hydrogen) atoms. The first-order valence-corrected chi connectivity index (χ1v) is 6.04. The molecule has 2 nitrogen and oxygen atoms in total. The SMILES string of the molecule is Cc1cccnc1C(C)(C)c1ccc(=S)[nH]c1. The van der Waals surface area contributed by atoms with Crippen LogP contribution in [0.5, 0.6) is 0 Å². The molecule has 0 spiro atoms. The Balaban J connectivity index is 2.53. The van der Waals surface area contributed by atoms with E-state index in [1.807, 2.05) is 24.5 Å². The van der Waals surface area contributed by atoms with Gasteiger partial charge in [-0.25, -0.2) is 0 Å². The molecule has 0 radical (unpaired) electrons. The average molecular weight is 244 g/mol. The van der Waals surface area contributed by atoms with Crippen molar-refractivity contribution in [2.45, 2.75) is 26.2 Å². The fourth-order valence-corrected chi connectivity index (χ4v) is 2.20. The Bertz CT molecular complexity index is 564. The number of nitrogens with one attached hydrogen (secondary N) is 1. The quantitative estimate of drug-likeness (QED) is 0.815. The monoisotopic (exact) mass is 244 g/mol. The number of nitrogens with zero attached hydrogens (tertiary/aromatic N) is 1. The smallest absolute Gasteiger partial charge is 0.103 e. The molecule has 0 fully saturated rings. The second kappa shape index (κ2) is 4.41. The molecule has 0 bridgehead atoms. The standard InChI is InChI=1S/C14H16N2S/c1-10-5-4-8-15-13(10)14(2,3)11-6-7-12(17)16-9-11/h4-9H,1-3H3,(H,16,17). The molecule has 0 saturated heterocycles. The first kappa shape index (κ1) is 12.0. The maximum atomic E-state index is 5.07. The molecule has 3 heteroatoms. The third-order valence-electron chi connectivity index (χ3n) is 3.11. The highest BCUT2D eigenvalue weighted by atomic mass is 32.1. The van der Waals surface area contributed by atoms with E-state index in [0.717, 1.165) is 10.3 Å². The lowest BCUT2D eigenvalue weighted by atomic mass is 9.80. The van der Waals surface area contributed by atoms with Gasteiger partial charge in [0.2, 0.25) is 0 Å². The lowest BCUT2D eigenvalue weighted by Crippen LogP contribution is -2.22. The van der Waals surface area contributed by atoms with Crippen LogP contribution in [0.2, 0.25) is 0 Å². The number of rotatable bonds is 2. The van der Waals surface area contributed by atoms with Gasteiger partial charge in [-0.2, -0.15) is 0 Å². The largest absolute Gasteiger partial charge is 0.353 e. The maximum absolute atomic E-state index is 5.07. The fraction of sp³-hybridized carbons (Fsp3) is 0.286. The fourth-order valence-electron chi connectivity index (χ4n) is 2.08. The second-order valence-corrected chi connectivity index (χ2v) is 5.18. The van der Waals surface area contributed by atoms with Crippen molar-refractivity contribution in [3.05, 3.63) is 58.1 Å². The highest BCUT2D eigenvalue weighted by Gasteiger charge is 2.26. The van der Waals surface area contributed by atoms with Gasteiger partial charge >= 0.3 is 0 Å². The first-order valence-electron chi connectivity index (χ1n) is 5.63. The summed E-state index contributed by atoms with van der Waals surface area (Å²) in [7, 11) is 0. The Kier molecular flexibility index (Phi) is 3.11. The number of aryl methyl sites for hydroxylation is 1. The summed E-state index contributed by atoms with van der Waals surface area (Å²) in [5, 5.41) is 0. The van der Waals surface area contributed by atoms with Gasteiger partial charge in [0.15, 0.2) is 0 Å². The predicted molar refractivity (Wildman–Crippen MR) is 72.7 cm³/mol. The maximum Gasteiger partial charge on any atom is 0.103 e. The van der Waals surface area contributed by atoms with Crippen molar-refractivity contribution in [1.29, 1.82) is 0 Å². The predicted octanol–water partition coefficient (Wildman–Crippen LogP) is 3.77. The molecule has 0 aliphatic heterocycles. The molecular formula is C14H16N2S. The van der Waals surface area contributed by atoms with E-state index in [2.05, 4.69) is 42.9 Å². The number of hydrogen-bond donors (Lipinski definition) is 1. The minimum Gasteiger partial charge on any atom is -0.353 e. The summed E-state index contributed by atoms with van der Waals surface area (Å²) in [6, 6.07) is 8.04. The summed E-state index contributed by atoms with van der Waals surface area (Å²) in [6.07, 6.45) is 3.81. The Morgan fingerprint density at radius 3 is 2.59 bits per heavy atom. The lowest BCUT2D eigenvalue weighted by Gasteiger charge is -2.26. The van der Waals surface area contributed by atoms with Gasteiger partial charge in [-0.1, -0.05) is 38.2 Å². The van der Waals surface area contributed by atoms with E-state index in [4.69, 9.17) is 12.2 Å². The molecule has 0 aliphatic carbocycles. The van der Waals surface area contributed by atoms with Crippen LogP contribution in [0.15, 0.2) is 36.7 Å². The summed E-state index contributed by atoms with van der Waals surface area (Å²) in [4.78, 5) is 7.59. The third-order valence-corrected chi connectivity index (χ3v) is 3.36. The number of aromatic amines is 1. The normalized spacial score (nSPS) is 11.5. The van der Waals surface area contributed by atoms with Gasteiger partial charge in [-0.3, -0.25) is 4.98 Å². The van der Waals surface area contributed by atoms with Crippen molar-refractivity contribution in [3.8, 4) is 0 Å². The number of pyridine rings is 2. The van der Waals surface area contributed by atoms with Gasteiger partial charge in [-0.15, -0.1) is 0 Å². The Morgan fingerprint density at radius 2 is 2.00 bits per heavy atom. The van der Waals surface area contributed by atoms with Crippen molar-refractivity contribution in [3.63, 3.8) is 0 Å². The zero-order valence-electron chi connectivity index (χ0n) is 10.3. The highest BCUT2D eigenvalue weighted by Crippen LogP contribution is 2.31. The molecule has 0 atom stereocenters. The molecule has 2 rings (SSSR count). The van der Waals surface area contributed by atoms with Crippen LogP contribution in [0.25, 0.3) is 0 Å². The topological polar surface area (TPSA) is 28.7 Å². The number of hydrogen-bond acceptors (Lipinski definition) is 2. The van der Waals surface area contributed by atoms with Gasteiger partial charge in [0.1, 0.15) is 4.64 Å². The number of aromatic nitrogens is 2. The average Bonchev–Trinajstić information content (AvgIpc) is 2.30. The van der Waals surface area contributed by atoms with Crippen LogP contribution in [0, 0.1) is 11.6 Å². The Labute approximate surface area is 107 Å². The molecule has 0 amide bonds. The van der Waals surface area contributed by atoms with E-state index in [1.165, 1.54) is 11.1 Å². The van der Waals surface area contributed by atoms with E-state index >= 15 is 0 Å². The lowest BCUT2D eigenvalue weighted by molar-refractivity contribution is 0.608. The van der Waals surface area contributed by atoms with Crippen LogP contribution in [0.3, 0.4) is 0 Å². The van der Waals surface area contributed by atoms with Crippen LogP contribution in [-0.2, 0) is 5.41 Å². The van der Waals surface area contributed by atoms with Gasteiger partial charge < -0.3 is 4.98 Å². The van der Waals surface area contributed by atoms with E-state index in [0.29, 0.717) is 0 Å². The second-order valence-electron chi connectivity index (χ2n) is 4.74. The van der Waals surface area contributed by atoms with E-state index in [1.54, 1.807) is 0 Å². The van der Waals surface area contributed by atoms with Crippen LogP contribution >= 0.6 is 12.2 Å². The van der Waals surface area contributed by atoms with E-state index in [9.17, 15) is 0 Å². The van der Waals surface area contributed by atoms with Gasteiger partial charge in [0.05, 0.1) is 5.69 Å². The molecule has 0 saturated carbocycles. The van der Waals surface area contributed by atoms with Crippen molar-refractivity contribution in [1.82, 2.24) is 9.97 Å². The van der Waals surface area contributed by atoms with Gasteiger partial charge in [0.25, 0.3) is 0 Å². The van der Waals surface area contributed by atoms with Crippen LogP contribution in [0.4, 0.5) is 0 Å². The van der Waals surface area contributed by atoms with Crippen molar-refractivity contribution in [2.24, 2.45) is 0 Å². The van der Waals surface area contributed by atoms with Gasteiger partial charge in [0, 0.05) is 17.8 Å². The molecular weight excluding hydrogens is 228 g/mol. The van der Waals surface area contributed by atoms with Crippen LogP contribution < -0.4 is 0 Å². The van der Waals surface area contributed by atoms with E-state index < -0.39 is 0 Å². The van der Waals surface area contributed by atoms with Crippen LogP contribution in [-0.4, -0.2) is 9.97 Å². The van der Waals surface area contributed by atoms with Crippen molar-refractivity contribution in [2.75, 3.05) is 0 Å². The summed E-state index contributed by atoms with van der Waals surface area (Å²) in [6.45, 7) is 6.44. The molecule has 2 heterocycles. The summed E-state index contributed by atoms with van der Waals surface area (Å²) >= 11 is 5.07. The minimum absolute atomic E-state index is 0.120. The Hall–Kier alpha value is -1.48. The zero-order chi connectivity index (χ0) is 12.5. The molecule has 2 aromatic rings. The summed E-state index contributed by atoms with van der Waals surface area (Å²) in [5.41, 5.74) is 3.38. The minimum atomic E-state index is -0.120. The van der Waals surface area contributed by atoms with Gasteiger partial charge in [-0.05, 0) is 30.2 Å². The summed E-state index contributed by atoms with van der Waals surface area (Å²) in [5.74, 6) is 0. The molecule has 0 aromatic carbocycles. The van der Waals surface area contributed by atoms with Crippen molar-refractivity contribution >= 4 is 12.2 Å².